The van der Waals surface area contributed by atoms with Gasteiger partial charge < -0.3 is 14.6 Å². The summed E-state index contributed by atoms with van der Waals surface area (Å²) in [6.07, 6.45) is 4.36. The molecule has 2 amide bonds. The molecule has 1 aliphatic heterocycles. The first kappa shape index (κ1) is 18.7. The highest BCUT2D eigenvalue weighted by Crippen LogP contribution is 2.25. The zero-order valence-corrected chi connectivity index (χ0v) is 15.9. The van der Waals surface area contributed by atoms with Crippen LogP contribution in [0.25, 0.3) is 0 Å². The van der Waals surface area contributed by atoms with Gasteiger partial charge in [0.2, 0.25) is 15.9 Å². The second-order valence-corrected chi connectivity index (χ2v) is 8.76. The number of benzene rings is 1. The predicted octanol–water partition coefficient (Wildman–Crippen LogP) is 1.96. The Hall–Kier alpha value is -2.65. The maximum absolute atomic E-state index is 12.7. The van der Waals surface area contributed by atoms with E-state index in [0.717, 1.165) is 12.8 Å². The molecule has 148 valence electrons. The maximum atomic E-state index is 12.7. The largest absolute Gasteiger partial charge is 0.459 e. The Bertz CT molecular complexity index is 983. The third-order valence-electron chi connectivity index (χ3n) is 4.86. The number of furan rings is 1. The van der Waals surface area contributed by atoms with E-state index in [1.165, 1.54) is 23.3 Å². The Morgan fingerprint density at radius 2 is 1.93 bits per heavy atom. The van der Waals surface area contributed by atoms with Crippen LogP contribution in [0.3, 0.4) is 0 Å². The number of anilines is 1. The van der Waals surface area contributed by atoms with Crippen LogP contribution in [-0.2, 0) is 14.8 Å². The number of carbonyl (C=O) groups is 2. The first-order valence-corrected chi connectivity index (χ1v) is 10.7. The topological polar surface area (TPSA) is 109 Å². The number of carbonyl (C=O) groups excluding carboxylic acids is 2. The van der Waals surface area contributed by atoms with E-state index in [-0.39, 0.29) is 28.5 Å². The van der Waals surface area contributed by atoms with Gasteiger partial charge in [-0.05, 0) is 56.0 Å². The molecule has 2 heterocycles. The summed E-state index contributed by atoms with van der Waals surface area (Å²) >= 11 is 0. The van der Waals surface area contributed by atoms with E-state index < -0.39 is 16.1 Å². The highest BCUT2D eigenvalue weighted by Gasteiger charge is 2.35. The van der Waals surface area contributed by atoms with Gasteiger partial charge in [-0.25, -0.2) is 13.1 Å². The molecule has 1 aromatic heterocycles. The van der Waals surface area contributed by atoms with Gasteiger partial charge in [0.15, 0.2) is 5.76 Å². The number of nitrogens with zero attached hydrogens (tertiary/aromatic N) is 1. The lowest BCUT2D eigenvalue weighted by Crippen LogP contribution is -2.43. The van der Waals surface area contributed by atoms with Crippen molar-refractivity contribution in [1.82, 2.24) is 9.62 Å². The molecule has 4 rings (SSSR count). The molecule has 1 atom stereocenters. The minimum Gasteiger partial charge on any atom is -0.459 e. The molecule has 1 saturated heterocycles. The van der Waals surface area contributed by atoms with E-state index in [1.807, 2.05) is 0 Å². The number of nitrogens with one attached hydrogen (secondary N) is 2. The number of rotatable bonds is 6. The summed E-state index contributed by atoms with van der Waals surface area (Å²) in [5.74, 6) is -0.478. The van der Waals surface area contributed by atoms with Gasteiger partial charge >= 0.3 is 0 Å². The number of hydrogen-bond acceptors (Lipinski definition) is 5. The number of amides is 2. The van der Waals surface area contributed by atoms with Crippen LogP contribution in [0.1, 0.15) is 36.2 Å². The fourth-order valence-electron chi connectivity index (χ4n) is 3.28. The molecule has 0 radical (unpaired) electrons. The standard InChI is InChI=1S/C19H21N3O5S/c23-18(16-6-2-10-22(16)19(24)17-7-3-11-27-17)20-14-4-1-5-15(12-14)28(25,26)21-13-8-9-13/h1,3-5,7,11-13,16,21H,2,6,8-10H2,(H,20,23)/t16-/m0/s1. The zero-order chi connectivity index (χ0) is 19.7. The smallest absolute Gasteiger partial charge is 0.290 e. The second kappa shape index (κ2) is 7.40. The van der Waals surface area contributed by atoms with Crippen molar-refractivity contribution in [3.63, 3.8) is 0 Å². The SMILES string of the molecule is O=C(Nc1cccc(S(=O)(=O)NC2CC2)c1)[C@@H]1CCCN1C(=O)c1ccco1. The molecule has 2 fully saturated rings. The van der Waals surface area contributed by atoms with Crippen LogP contribution in [0, 0.1) is 0 Å². The van der Waals surface area contributed by atoms with Gasteiger partial charge in [-0.15, -0.1) is 0 Å². The van der Waals surface area contributed by atoms with Gasteiger partial charge in [-0.3, -0.25) is 9.59 Å². The number of hydrogen-bond donors (Lipinski definition) is 2. The van der Waals surface area contributed by atoms with Gasteiger partial charge in [0.25, 0.3) is 5.91 Å². The molecular weight excluding hydrogens is 382 g/mol. The van der Waals surface area contributed by atoms with Crippen LogP contribution < -0.4 is 10.0 Å². The molecule has 1 aromatic carbocycles. The second-order valence-electron chi connectivity index (χ2n) is 7.05. The first-order chi connectivity index (χ1) is 13.4. The first-order valence-electron chi connectivity index (χ1n) is 9.22. The minimum absolute atomic E-state index is 0.00269. The van der Waals surface area contributed by atoms with Crippen LogP contribution >= 0.6 is 0 Å². The molecule has 1 aliphatic carbocycles. The Kier molecular flexibility index (Phi) is 4.94. The summed E-state index contributed by atoms with van der Waals surface area (Å²) in [4.78, 5) is 26.9. The van der Waals surface area contributed by atoms with Gasteiger partial charge in [-0.1, -0.05) is 6.07 Å². The molecule has 8 nitrogen and oxygen atoms in total. The third kappa shape index (κ3) is 3.95. The van der Waals surface area contributed by atoms with Crippen molar-refractivity contribution < 1.29 is 22.4 Å². The molecule has 2 aliphatic rings. The lowest BCUT2D eigenvalue weighted by molar-refractivity contribution is -0.119. The van der Waals surface area contributed by atoms with Crippen LogP contribution in [0.4, 0.5) is 5.69 Å². The van der Waals surface area contributed by atoms with E-state index in [1.54, 1.807) is 24.3 Å². The summed E-state index contributed by atoms with van der Waals surface area (Å²) < 4.78 is 32.5. The maximum Gasteiger partial charge on any atom is 0.290 e. The molecule has 28 heavy (non-hydrogen) atoms. The molecular formula is C19H21N3O5S. The zero-order valence-electron chi connectivity index (χ0n) is 15.1. The molecule has 1 saturated carbocycles. The third-order valence-corrected chi connectivity index (χ3v) is 6.38. The van der Waals surface area contributed by atoms with E-state index in [4.69, 9.17) is 4.42 Å². The van der Waals surface area contributed by atoms with E-state index in [2.05, 4.69) is 10.0 Å². The fourth-order valence-corrected chi connectivity index (χ4v) is 4.63. The Balaban J connectivity index is 1.47. The number of likely N-dealkylation sites (tertiary alicyclic amines) is 1. The summed E-state index contributed by atoms with van der Waals surface area (Å²) in [6.45, 7) is 0.470. The van der Waals surface area contributed by atoms with Crippen LogP contribution in [-0.4, -0.2) is 43.8 Å². The normalized spacial score (nSPS) is 19.6. The summed E-state index contributed by atoms with van der Waals surface area (Å²) in [7, 11) is -3.61. The van der Waals surface area contributed by atoms with Crippen molar-refractivity contribution in [2.45, 2.75) is 42.7 Å². The lowest BCUT2D eigenvalue weighted by atomic mass is 10.2. The minimum atomic E-state index is -3.61. The lowest BCUT2D eigenvalue weighted by Gasteiger charge is -2.23. The van der Waals surface area contributed by atoms with Gasteiger partial charge in [0.05, 0.1) is 11.2 Å². The molecule has 0 bridgehead atoms. The van der Waals surface area contributed by atoms with Crippen molar-refractivity contribution in [2.75, 3.05) is 11.9 Å². The van der Waals surface area contributed by atoms with Gasteiger partial charge in [0.1, 0.15) is 6.04 Å². The van der Waals surface area contributed by atoms with E-state index in [9.17, 15) is 18.0 Å². The quantitative estimate of drug-likeness (QED) is 0.766. The van der Waals surface area contributed by atoms with Crippen molar-refractivity contribution >= 4 is 27.5 Å². The summed E-state index contributed by atoms with van der Waals surface area (Å²) in [5.41, 5.74) is 0.376. The molecule has 9 heteroatoms. The molecule has 0 unspecified atom stereocenters. The van der Waals surface area contributed by atoms with Crippen molar-refractivity contribution in [1.29, 1.82) is 0 Å². The Morgan fingerprint density at radius 1 is 1.11 bits per heavy atom. The average molecular weight is 403 g/mol. The molecule has 0 spiro atoms. The molecule has 2 aromatic rings. The number of sulfonamides is 1. The summed E-state index contributed by atoms with van der Waals surface area (Å²) in [5, 5.41) is 2.74. The van der Waals surface area contributed by atoms with Gasteiger partial charge in [-0.2, -0.15) is 0 Å². The summed E-state index contributed by atoms with van der Waals surface area (Å²) in [6, 6.07) is 8.69. The van der Waals surface area contributed by atoms with Crippen LogP contribution in [0.15, 0.2) is 52.0 Å². The van der Waals surface area contributed by atoms with E-state index >= 15 is 0 Å². The van der Waals surface area contributed by atoms with Crippen LogP contribution in [0.2, 0.25) is 0 Å². The molecule has 2 N–H and O–H groups in total. The highest BCUT2D eigenvalue weighted by atomic mass is 32.2. The van der Waals surface area contributed by atoms with Crippen molar-refractivity contribution in [3.05, 3.63) is 48.4 Å². The van der Waals surface area contributed by atoms with Crippen molar-refractivity contribution in [3.8, 4) is 0 Å². The fraction of sp³-hybridized carbons (Fsp3) is 0.368. The Morgan fingerprint density at radius 3 is 2.64 bits per heavy atom. The highest BCUT2D eigenvalue weighted by molar-refractivity contribution is 7.89. The van der Waals surface area contributed by atoms with Gasteiger partial charge in [0, 0.05) is 18.3 Å². The Labute approximate surface area is 162 Å². The average Bonchev–Trinajstić information content (AvgIpc) is 3.16. The van der Waals surface area contributed by atoms with Crippen molar-refractivity contribution in [2.24, 2.45) is 0 Å². The van der Waals surface area contributed by atoms with E-state index in [0.29, 0.717) is 25.1 Å². The van der Waals surface area contributed by atoms with Crippen LogP contribution in [0.5, 0.6) is 0 Å². The predicted molar refractivity (Wildman–Crippen MR) is 101 cm³/mol. The monoisotopic (exact) mass is 403 g/mol.